The Hall–Kier alpha value is -1.49. The van der Waals surface area contributed by atoms with E-state index in [4.69, 9.17) is 10.00 Å². The summed E-state index contributed by atoms with van der Waals surface area (Å²) >= 11 is 0. The van der Waals surface area contributed by atoms with Gasteiger partial charge in [0.05, 0.1) is 12.2 Å². The van der Waals surface area contributed by atoms with Gasteiger partial charge in [-0.05, 0) is 30.5 Å². The quantitative estimate of drug-likeness (QED) is 0.732. The molecule has 0 aliphatic heterocycles. The lowest BCUT2D eigenvalue weighted by Gasteiger charge is -2.09. The molecule has 1 rings (SSSR count). The summed E-state index contributed by atoms with van der Waals surface area (Å²) in [6.07, 6.45) is 0. The summed E-state index contributed by atoms with van der Waals surface area (Å²) in [5.74, 6) is 1.12. The van der Waals surface area contributed by atoms with Gasteiger partial charge in [-0.25, -0.2) is 0 Å². The fraction of sp³-hybridized carbons (Fsp3) is 0.417. The Bertz CT molecular complexity index is 350. The second-order valence-corrected chi connectivity index (χ2v) is 3.46. The van der Waals surface area contributed by atoms with Crippen LogP contribution in [0.25, 0.3) is 0 Å². The van der Waals surface area contributed by atoms with Gasteiger partial charge in [0.15, 0.2) is 0 Å². The van der Waals surface area contributed by atoms with Gasteiger partial charge in [-0.3, -0.25) is 0 Å². The molecule has 14 heavy (non-hydrogen) atoms. The highest BCUT2D eigenvalue weighted by Crippen LogP contribution is 2.23. The Kier molecular flexibility index (Phi) is 3.53. The van der Waals surface area contributed by atoms with Crippen LogP contribution in [0.2, 0.25) is 0 Å². The highest BCUT2D eigenvalue weighted by atomic mass is 16.5. The van der Waals surface area contributed by atoms with E-state index in [1.54, 1.807) is 0 Å². The van der Waals surface area contributed by atoms with E-state index in [-0.39, 0.29) is 0 Å². The summed E-state index contributed by atoms with van der Waals surface area (Å²) in [6.45, 7) is 6.72. The van der Waals surface area contributed by atoms with E-state index >= 15 is 0 Å². The van der Waals surface area contributed by atoms with Gasteiger partial charge < -0.3 is 4.74 Å². The minimum atomic E-state index is 0.442. The number of ether oxygens (including phenoxy) is 1. The molecule has 0 aromatic heterocycles. The summed E-state index contributed by atoms with van der Waals surface area (Å²) in [4.78, 5) is 0. The first-order valence-corrected chi connectivity index (χ1v) is 4.85. The van der Waals surface area contributed by atoms with Gasteiger partial charge in [0.2, 0.25) is 0 Å². The zero-order valence-electron chi connectivity index (χ0n) is 8.87. The minimum absolute atomic E-state index is 0.442. The SMILES string of the molecule is CCOc1ccc(C(C)C)cc1C#N. The normalized spacial score (nSPS) is 9.93. The van der Waals surface area contributed by atoms with Gasteiger partial charge in [-0.2, -0.15) is 5.26 Å². The molecule has 0 saturated heterocycles. The van der Waals surface area contributed by atoms with Gasteiger partial charge in [0, 0.05) is 0 Å². The fourth-order valence-electron chi connectivity index (χ4n) is 1.28. The molecule has 2 heteroatoms. The molecule has 0 N–H and O–H groups in total. The smallest absolute Gasteiger partial charge is 0.137 e. The third-order valence-electron chi connectivity index (χ3n) is 2.09. The van der Waals surface area contributed by atoms with Crippen LogP contribution >= 0.6 is 0 Å². The largest absolute Gasteiger partial charge is 0.492 e. The molecule has 1 aromatic carbocycles. The van der Waals surface area contributed by atoms with Gasteiger partial charge in [0.25, 0.3) is 0 Å². The first kappa shape index (κ1) is 10.6. The molecule has 0 heterocycles. The Labute approximate surface area is 85.1 Å². The van der Waals surface area contributed by atoms with Crippen LogP contribution in [-0.2, 0) is 0 Å². The molecule has 0 saturated carbocycles. The molecule has 0 atom stereocenters. The third kappa shape index (κ3) is 2.26. The Morgan fingerprint density at radius 2 is 2.14 bits per heavy atom. The molecule has 74 valence electrons. The van der Waals surface area contributed by atoms with Gasteiger partial charge in [-0.15, -0.1) is 0 Å². The van der Waals surface area contributed by atoms with Crippen molar-refractivity contribution in [1.29, 1.82) is 5.26 Å². The molecule has 2 nitrogen and oxygen atoms in total. The fourth-order valence-corrected chi connectivity index (χ4v) is 1.28. The number of nitrogens with zero attached hydrogens (tertiary/aromatic N) is 1. The predicted octanol–water partition coefficient (Wildman–Crippen LogP) is 3.08. The zero-order chi connectivity index (χ0) is 10.6. The van der Waals surface area contributed by atoms with Crippen molar-refractivity contribution in [3.8, 4) is 11.8 Å². The van der Waals surface area contributed by atoms with Crippen LogP contribution in [0.4, 0.5) is 0 Å². The second-order valence-electron chi connectivity index (χ2n) is 3.46. The van der Waals surface area contributed by atoms with E-state index in [1.807, 2.05) is 25.1 Å². The molecule has 0 bridgehead atoms. The summed E-state index contributed by atoms with van der Waals surface area (Å²) in [6, 6.07) is 7.93. The Morgan fingerprint density at radius 3 is 2.64 bits per heavy atom. The maximum atomic E-state index is 8.92. The van der Waals surface area contributed by atoms with E-state index < -0.39 is 0 Å². The lowest BCUT2D eigenvalue weighted by molar-refractivity contribution is 0.339. The summed E-state index contributed by atoms with van der Waals surface area (Å²) in [7, 11) is 0. The predicted molar refractivity (Wildman–Crippen MR) is 56.4 cm³/mol. The first-order valence-electron chi connectivity index (χ1n) is 4.85. The van der Waals surface area contributed by atoms with Gasteiger partial charge in [-0.1, -0.05) is 19.9 Å². The van der Waals surface area contributed by atoms with Crippen molar-refractivity contribution in [3.05, 3.63) is 29.3 Å². The van der Waals surface area contributed by atoms with Crippen molar-refractivity contribution < 1.29 is 4.74 Å². The van der Waals surface area contributed by atoms with E-state index in [2.05, 4.69) is 19.9 Å². The van der Waals surface area contributed by atoms with Gasteiger partial charge >= 0.3 is 0 Å². The molecular weight excluding hydrogens is 174 g/mol. The van der Waals surface area contributed by atoms with Crippen molar-refractivity contribution in [2.75, 3.05) is 6.61 Å². The highest BCUT2D eigenvalue weighted by Gasteiger charge is 2.06. The summed E-state index contributed by atoms with van der Waals surface area (Å²) < 4.78 is 5.34. The van der Waals surface area contributed by atoms with E-state index in [9.17, 15) is 0 Å². The maximum absolute atomic E-state index is 8.92. The number of rotatable bonds is 3. The molecule has 0 aliphatic rings. The summed E-state index contributed by atoms with van der Waals surface area (Å²) in [5.41, 5.74) is 1.79. The molecular formula is C12H15NO. The lowest BCUT2D eigenvalue weighted by atomic mass is 10.0. The van der Waals surface area contributed by atoms with Crippen LogP contribution in [-0.4, -0.2) is 6.61 Å². The molecule has 0 spiro atoms. The zero-order valence-corrected chi connectivity index (χ0v) is 8.87. The topological polar surface area (TPSA) is 33.0 Å². The van der Waals surface area contributed by atoms with Crippen molar-refractivity contribution in [3.63, 3.8) is 0 Å². The van der Waals surface area contributed by atoms with E-state index in [0.29, 0.717) is 23.8 Å². The average molecular weight is 189 g/mol. The molecule has 0 unspecified atom stereocenters. The standard InChI is InChI=1S/C12H15NO/c1-4-14-12-6-5-10(9(2)3)7-11(12)8-13/h5-7,9H,4H2,1-3H3. The second kappa shape index (κ2) is 4.66. The van der Waals surface area contributed by atoms with Crippen LogP contribution in [0.3, 0.4) is 0 Å². The number of hydrogen-bond acceptors (Lipinski definition) is 2. The van der Waals surface area contributed by atoms with Crippen LogP contribution in [0.15, 0.2) is 18.2 Å². The Morgan fingerprint density at radius 1 is 1.43 bits per heavy atom. The Balaban J connectivity index is 3.07. The number of benzene rings is 1. The van der Waals surface area contributed by atoms with Gasteiger partial charge in [0.1, 0.15) is 11.8 Å². The average Bonchev–Trinajstić information content (AvgIpc) is 2.18. The van der Waals surface area contributed by atoms with Crippen LogP contribution in [0.5, 0.6) is 5.75 Å². The maximum Gasteiger partial charge on any atom is 0.137 e. The van der Waals surface area contributed by atoms with Crippen molar-refractivity contribution in [1.82, 2.24) is 0 Å². The first-order chi connectivity index (χ1) is 6.69. The van der Waals surface area contributed by atoms with E-state index in [1.165, 1.54) is 5.56 Å². The van der Waals surface area contributed by atoms with Crippen LogP contribution in [0.1, 0.15) is 37.8 Å². The minimum Gasteiger partial charge on any atom is -0.492 e. The summed E-state index contributed by atoms with van der Waals surface area (Å²) in [5, 5.41) is 8.92. The van der Waals surface area contributed by atoms with Crippen LogP contribution in [0, 0.1) is 11.3 Å². The number of nitriles is 1. The highest BCUT2D eigenvalue weighted by molar-refractivity contribution is 5.46. The molecule has 0 fully saturated rings. The molecule has 0 aliphatic carbocycles. The van der Waals surface area contributed by atoms with Crippen molar-refractivity contribution in [2.45, 2.75) is 26.7 Å². The lowest BCUT2D eigenvalue weighted by Crippen LogP contribution is -1.96. The molecule has 0 radical (unpaired) electrons. The van der Waals surface area contributed by atoms with Crippen molar-refractivity contribution >= 4 is 0 Å². The molecule has 0 amide bonds. The third-order valence-corrected chi connectivity index (χ3v) is 2.09. The van der Waals surface area contributed by atoms with Crippen molar-refractivity contribution in [2.24, 2.45) is 0 Å². The molecule has 1 aromatic rings. The van der Waals surface area contributed by atoms with E-state index in [0.717, 1.165) is 0 Å². The van der Waals surface area contributed by atoms with Crippen LogP contribution < -0.4 is 4.74 Å². The number of hydrogen-bond donors (Lipinski definition) is 0. The monoisotopic (exact) mass is 189 g/mol.